The quantitative estimate of drug-likeness (QED) is 0.604. The Morgan fingerprint density at radius 3 is 2.31 bits per heavy atom. The molecule has 0 bridgehead atoms. The number of benzene rings is 1. The molecule has 32 heavy (non-hydrogen) atoms. The van der Waals surface area contributed by atoms with Gasteiger partial charge in [0.05, 0.1) is 7.11 Å². The molecule has 1 aliphatic carbocycles. The van der Waals surface area contributed by atoms with Crippen LogP contribution in [0.15, 0.2) is 18.2 Å². The van der Waals surface area contributed by atoms with Gasteiger partial charge in [-0.25, -0.2) is 4.39 Å². The largest absolute Gasteiger partial charge is 0.494 e. The topological polar surface area (TPSA) is 84.4 Å². The number of nitrogens with zero attached hydrogens (tertiary/aromatic N) is 4. The Bertz CT molecular complexity index is 885. The van der Waals surface area contributed by atoms with E-state index in [1.165, 1.54) is 38.9 Å². The average Bonchev–Trinajstić information content (AvgIpc) is 3.09. The van der Waals surface area contributed by atoms with Gasteiger partial charge in [0.15, 0.2) is 11.6 Å². The van der Waals surface area contributed by atoms with E-state index in [-0.39, 0.29) is 5.75 Å². The molecule has 2 fully saturated rings. The maximum atomic E-state index is 14.2. The molecule has 0 radical (unpaired) electrons. The molecule has 1 saturated carbocycles. The summed E-state index contributed by atoms with van der Waals surface area (Å²) in [7, 11) is 3.24. The van der Waals surface area contributed by atoms with Gasteiger partial charge in [-0.15, -0.1) is 0 Å². The van der Waals surface area contributed by atoms with Crippen molar-refractivity contribution in [3.63, 3.8) is 0 Å². The van der Waals surface area contributed by atoms with Crippen LogP contribution in [0.1, 0.15) is 51.4 Å². The van der Waals surface area contributed by atoms with Crippen molar-refractivity contribution in [3.8, 4) is 5.75 Å². The van der Waals surface area contributed by atoms with Crippen molar-refractivity contribution < 1.29 is 13.9 Å². The second-order valence-corrected chi connectivity index (χ2v) is 8.40. The molecular weight excluding hydrogens is 411 g/mol. The van der Waals surface area contributed by atoms with Gasteiger partial charge in [0.2, 0.25) is 17.8 Å². The van der Waals surface area contributed by atoms with E-state index in [0.29, 0.717) is 35.6 Å². The fourth-order valence-electron chi connectivity index (χ4n) is 4.65. The van der Waals surface area contributed by atoms with Crippen LogP contribution in [-0.2, 0) is 4.74 Å². The SMILES string of the molecule is CNc1nc(Nc2ccc(OC)c(F)c2)nc(N(C2CCCCCC2)C2CCOCC2)n1. The maximum absolute atomic E-state index is 14.2. The Labute approximate surface area is 188 Å². The van der Waals surface area contributed by atoms with Gasteiger partial charge in [-0.1, -0.05) is 25.7 Å². The number of rotatable bonds is 7. The Kier molecular flexibility index (Phi) is 7.57. The zero-order valence-electron chi connectivity index (χ0n) is 18.9. The van der Waals surface area contributed by atoms with Crippen LogP contribution in [-0.4, -0.2) is 54.4 Å². The van der Waals surface area contributed by atoms with Gasteiger partial charge in [0.1, 0.15) is 0 Å². The Hall–Kier alpha value is -2.68. The summed E-state index contributed by atoms with van der Waals surface area (Å²) >= 11 is 0. The van der Waals surface area contributed by atoms with Crippen molar-refractivity contribution in [2.75, 3.05) is 42.9 Å². The zero-order chi connectivity index (χ0) is 22.3. The van der Waals surface area contributed by atoms with Crippen LogP contribution in [0, 0.1) is 5.82 Å². The van der Waals surface area contributed by atoms with E-state index < -0.39 is 5.82 Å². The molecule has 2 aromatic rings. The van der Waals surface area contributed by atoms with Gasteiger partial charge in [0.25, 0.3) is 0 Å². The number of nitrogens with one attached hydrogen (secondary N) is 2. The highest BCUT2D eigenvalue weighted by Gasteiger charge is 2.31. The third-order valence-corrected chi connectivity index (χ3v) is 6.29. The smallest absolute Gasteiger partial charge is 0.233 e. The lowest BCUT2D eigenvalue weighted by Gasteiger charge is -2.40. The first-order valence-electron chi connectivity index (χ1n) is 11.6. The summed E-state index contributed by atoms with van der Waals surface area (Å²) in [6.45, 7) is 1.52. The molecule has 1 aromatic heterocycles. The standard InChI is InChI=1S/C23H33FN6O2/c1-25-21-27-22(26-16-9-10-20(31-2)19(24)15-16)29-23(28-21)30(18-11-13-32-14-12-18)17-7-5-3-4-6-8-17/h9-10,15,17-18H,3-8,11-14H2,1-2H3,(H2,25,26,27,28,29). The molecule has 0 atom stereocenters. The zero-order valence-corrected chi connectivity index (χ0v) is 18.9. The molecule has 4 rings (SSSR count). The summed E-state index contributed by atoms with van der Waals surface area (Å²) in [6.07, 6.45) is 9.23. The van der Waals surface area contributed by atoms with Gasteiger partial charge < -0.3 is 25.0 Å². The molecule has 9 heteroatoms. The summed E-state index contributed by atoms with van der Waals surface area (Å²) in [4.78, 5) is 16.4. The van der Waals surface area contributed by atoms with Crippen LogP contribution in [0.5, 0.6) is 5.75 Å². The molecule has 2 N–H and O–H groups in total. The van der Waals surface area contributed by atoms with Crippen molar-refractivity contribution in [1.29, 1.82) is 0 Å². The van der Waals surface area contributed by atoms with E-state index in [4.69, 9.17) is 19.4 Å². The Balaban J connectivity index is 1.66. The van der Waals surface area contributed by atoms with Crippen molar-refractivity contribution in [3.05, 3.63) is 24.0 Å². The second kappa shape index (κ2) is 10.8. The molecule has 174 valence electrons. The van der Waals surface area contributed by atoms with Gasteiger partial charge in [-0.2, -0.15) is 15.0 Å². The van der Waals surface area contributed by atoms with E-state index in [0.717, 1.165) is 38.9 Å². The molecule has 1 aliphatic heterocycles. The highest BCUT2D eigenvalue weighted by atomic mass is 19.1. The maximum Gasteiger partial charge on any atom is 0.233 e. The minimum absolute atomic E-state index is 0.196. The van der Waals surface area contributed by atoms with Crippen LogP contribution in [0.2, 0.25) is 0 Å². The first kappa shape index (κ1) is 22.5. The van der Waals surface area contributed by atoms with Crippen LogP contribution in [0.25, 0.3) is 0 Å². The minimum atomic E-state index is -0.442. The third-order valence-electron chi connectivity index (χ3n) is 6.29. The number of halogens is 1. The van der Waals surface area contributed by atoms with Gasteiger partial charge >= 0.3 is 0 Å². The monoisotopic (exact) mass is 444 g/mol. The predicted octanol–water partition coefficient (Wildman–Crippen LogP) is 4.51. The highest BCUT2D eigenvalue weighted by molar-refractivity contribution is 5.57. The number of hydrogen-bond acceptors (Lipinski definition) is 8. The molecule has 8 nitrogen and oxygen atoms in total. The van der Waals surface area contributed by atoms with Crippen LogP contribution >= 0.6 is 0 Å². The molecule has 1 aromatic carbocycles. The van der Waals surface area contributed by atoms with Crippen LogP contribution < -0.4 is 20.3 Å². The summed E-state index contributed by atoms with van der Waals surface area (Å²) in [5.41, 5.74) is 0.551. The lowest BCUT2D eigenvalue weighted by atomic mass is 10.0. The number of ether oxygens (including phenoxy) is 2. The van der Waals surface area contributed by atoms with E-state index in [9.17, 15) is 4.39 Å². The molecule has 2 heterocycles. The minimum Gasteiger partial charge on any atom is -0.494 e. The van der Waals surface area contributed by atoms with E-state index >= 15 is 0 Å². The summed E-state index contributed by atoms with van der Waals surface area (Å²) in [6, 6.07) is 5.44. The first-order valence-corrected chi connectivity index (χ1v) is 11.6. The Morgan fingerprint density at radius 2 is 1.66 bits per heavy atom. The fraction of sp³-hybridized carbons (Fsp3) is 0.609. The molecule has 0 amide bonds. The van der Waals surface area contributed by atoms with Crippen molar-refractivity contribution in [2.45, 2.75) is 63.5 Å². The summed E-state index contributed by atoms with van der Waals surface area (Å²) < 4.78 is 24.8. The summed E-state index contributed by atoms with van der Waals surface area (Å²) in [5, 5.41) is 6.18. The number of methoxy groups -OCH3 is 1. The molecule has 2 aliphatic rings. The van der Waals surface area contributed by atoms with Crippen molar-refractivity contribution in [1.82, 2.24) is 15.0 Å². The second-order valence-electron chi connectivity index (χ2n) is 8.40. The average molecular weight is 445 g/mol. The van der Waals surface area contributed by atoms with Gasteiger partial charge in [0, 0.05) is 44.1 Å². The van der Waals surface area contributed by atoms with E-state index in [2.05, 4.69) is 20.5 Å². The first-order chi connectivity index (χ1) is 15.7. The number of anilines is 4. The fourth-order valence-corrected chi connectivity index (χ4v) is 4.65. The predicted molar refractivity (Wildman–Crippen MR) is 123 cm³/mol. The van der Waals surface area contributed by atoms with E-state index in [1.54, 1.807) is 19.2 Å². The lowest BCUT2D eigenvalue weighted by molar-refractivity contribution is 0.0818. The van der Waals surface area contributed by atoms with Crippen LogP contribution in [0.3, 0.4) is 0 Å². The molecule has 1 saturated heterocycles. The molecule has 0 unspecified atom stereocenters. The summed E-state index contributed by atoms with van der Waals surface area (Å²) in [5.74, 6) is 1.29. The van der Waals surface area contributed by atoms with Crippen molar-refractivity contribution in [2.24, 2.45) is 0 Å². The molecular formula is C23H33FN6O2. The molecule has 0 spiro atoms. The van der Waals surface area contributed by atoms with Crippen LogP contribution in [0.4, 0.5) is 27.9 Å². The van der Waals surface area contributed by atoms with Gasteiger partial charge in [-0.05, 0) is 37.8 Å². The lowest BCUT2D eigenvalue weighted by Crippen LogP contribution is -2.47. The third kappa shape index (κ3) is 5.38. The number of hydrogen-bond donors (Lipinski definition) is 2. The van der Waals surface area contributed by atoms with Crippen molar-refractivity contribution >= 4 is 23.5 Å². The normalized spacial score (nSPS) is 18.1. The van der Waals surface area contributed by atoms with Gasteiger partial charge in [-0.3, -0.25) is 0 Å². The Morgan fingerprint density at radius 1 is 0.969 bits per heavy atom. The number of aromatic nitrogens is 3. The highest BCUT2D eigenvalue weighted by Crippen LogP contribution is 2.31. The van der Waals surface area contributed by atoms with E-state index in [1.807, 2.05) is 0 Å².